The van der Waals surface area contributed by atoms with Crippen LogP contribution >= 0.6 is 0 Å². The number of amides is 2. The summed E-state index contributed by atoms with van der Waals surface area (Å²) in [6.45, 7) is 0.241. The molecule has 0 spiro atoms. The van der Waals surface area contributed by atoms with Gasteiger partial charge in [0.1, 0.15) is 12.6 Å². The summed E-state index contributed by atoms with van der Waals surface area (Å²) in [4.78, 5) is 29.2. The zero-order chi connectivity index (χ0) is 20.2. The minimum Gasteiger partial charge on any atom is -0.454 e. The molecule has 2 heterocycles. The number of benzene rings is 2. The molecular weight excluding hydrogens is 376 g/mol. The van der Waals surface area contributed by atoms with Crippen molar-refractivity contribution in [2.24, 2.45) is 5.11 Å². The molecule has 0 aliphatic carbocycles. The zero-order valence-corrected chi connectivity index (χ0v) is 15.4. The van der Waals surface area contributed by atoms with Gasteiger partial charge in [0, 0.05) is 4.91 Å². The molecule has 1 unspecified atom stereocenters. The maximum atomic E-state index is 13.1. The van der Waals surface area contributed by atoms with Crippen molar-refractivity contribution >= 4 is 12.0 Å². The molecule has 148 valence electrons. The lowest BCUT2D eigenvalue weighted by atomic mass is 10.0. The smallest absolute Gasteiger partial charge is 0.416 e. The average molecular weight is 394 g/mol. The Morgan fingerprint density at radius 3 is 2.72 bits per heavy atom. The first-order valence-electron chi connectivity index (χ1n) is 9.12. The number of hydrogen-bond donors (Lipinski definition) is 0. The van der Waals surface area contributed by atoms with Gasteiger partial charge in [0.2, 0.25) is 12.7 Å². The molecule has 2 aromatic carbocycles. The summed E-state index contributed by atoms with van der Waals surface area (Å²) in [5, 5.41) is 3.64. The molecular formula is C20H18N4O5. The van der Waals surface area contributed by atoms with Crippen LogP contribution in [0.25, 0.3) is 10.4 Å². The van der Waals surface area contributed by atoms with Crippen LogP contribution in [0, 0.1) is 0 Å². The molecule has 2 aromatic rings. The number of fused-ring (bicyclic) bond motifs is 1. The van der Waals surface area contributed by atoms with E-state index in [2.05, 4.69) is 10.0 Å². The number of ether oxygens (including phenoxy) is 3. The first-order valence-corrected chi connectivity index (χ1v) is 9.12. The number of carbonyl (C=O) groups is 2. The summed E-state index contributed by atoms with van der Waals surface area (Å²) < 4.78 is 15.7. The number of carbonyl (C=O) groups excluding carboxylic acids is 2. The van der Waals surface area contributed by atoms with E-state index in [0.717, 1.165) is 16.0 Å². The van der Waals surface area contributed by atoms with Crippen LogP contribution in [-0.2, 0) is 22.4 Å². The minimum absolute atomic E-state index is 0.104. The van der Waals surface area contributed by atoms with Gasteiger partial charge < -0.3 is 14.2 Å². The van der Waals surface area contributed by atoms with E-state index in [-0.39, 0.29) is 19.8 Å². The molecule has 0 aromatic heterocycles. The van der Waals surface area contributed by atoms with Crippen LogP contribution in [0.15, 0.2) is 53.6 Å². The third-order valence-corrected chi connectivity index (χ3v) is 4.85. The fraction of sp³-hybridized carbons (Fsp3) is 0.300. The van der Waals surface area contributed by atoms with E-state index >= 15 is 0 Å². The molecule has 4 rings (SSSR count). The van der Waals surface area contributed by atoms with Gasteiger partial charge in [-0.2, -0.15) is 0 Å². The SMILES string of the molecule is [N-]=[N+]=N[C@H](Cc1ccc2c(c1)OCO2)C(=O)N1C(=O)OCC1Cc1ccccc1. The van der Waals surface area contributed by atoms with Gasteiger partial charge in [-0.25, -0.2) is 9.69 Å². The van der Waals surface area contributed by atoms with E-state index in [1.807, 2.05) is 30.3 Å². The summed E-state index contributed by atoms with van der Waals surface area (Å²) in [5.74, 6) is 0.604. The summed E-state index contributed by atoms with van der Waals surface area (Å²) in [7, 11) is 0. The van der Waals surface area contributed by atoms with Gasteiger partial charge in [-0.3, -0.25) is 4.79 Å². The fourth-order valence-electron chi connectivity index (χ4n) is 3.46. The number of hydrogen-bond acceptors (Lipinski definition) is 6. The Bertz CT molecular complexity index is 974. The van der Waals surface area contributed by atoms with Crippen molar-refractivity contribution in [3.05, 3.63) is 70.1 Å². The van der Waals surface area contributed by atoms with Gasteiger partial charge in [-0.1, -0.05) is 41.5 Å². The fourth-order valence-corrected chi connectivity index (χ4v) is 3.46. The van der Waals surface area contributed by atoms with Crippen molar-refractivity contribution in [3.63, 3.8) is 0 Å². The molecule has 0 radical (unpaired) electrons. The lowest BCUT2D eigenvalue weighted by molar-refractivity contribution is -0.130. The minimum atomic E-state index is -1.08. The highest BCUT2D eigenvalue weighted by molar-refractivity contribution is 5.96. The van der Waals surface area contributed by atoms with Crippen molar-refractivity contribution in [1.29, 1.82) is 0 Å². The average Bonchev–Trinajstić information content (AvgIpc) is 3.34. The third-order valence-electron chi connectivity index (χ3n) is 4.85. The highest BCUT2D eigenvalue weighted by atomic mass is 16.7. The van der Waals surface area contributed by atoms with Gasteiger partial charge in [0.15, 0.2) is 11.5 Å². The Hall–Kier alpha value is -3.71. The zero-order valence-electron chi connectivity index (χ0n) is 15.4. The van der Waals surface area contributed by atoms with E-state index in [0.29, 0.717) is 17.9 Å². The Morgan fingerprint density at radius 1 is 1.14 bits per heavy atom. The Morgan fingerprint density at radius 2 is 1.93 bits per heavy atom. The lowest BCUT2D eigenvalue weighted by Gasteiger charge is -2.23. The second-order valence-corrected chi connectivity index (χ2v) is 6.74. The molecule has 9 heteroatoms. The van der Waals surface area contributed by atoms with Crippen molar-refractivity contribution in [3.8, 4) is 11.5 Å². The highest BCUT2D eigenvalue weighted by Gasteiger charge is 2.40. The van der Waals surface area contributed by atoms with Gasteiger partial charge in [-0.15, -0.1) is 0 Å². The second-order valence-electron chi connectivity index (χ2n) is 6.74. The number of imide groups is 1. The summed E-state index contributed by atoms with van der Waals surface area (Å²) >= 11 is 0. The maximum Gasteiger partial charge on any atom is 0.416 e. The monoisotopic (exact) mass is 394 g/mol. The molecule has 2 aliphatic rings. The molecule has 0 N–H and O–H groups in total. The van der Waals surface area contributed by atoms with Gasteiger partial charge >= 0.3 is 6.09 Å². The van der Waals surface area contributed by atoms with E-state index in [9.17, 15) is 9.59 Å². The number of rotatable bonds is 6. The lowest BCUT2D eigenvalue weighted by Crippen LogP contribution is -2.45. The summed E-state index contributed by atoms with van der Waals surface area (Å²) in [5.41, 5.74) is 10.7. The van der Waals surface area contributed by atoms with Crippen LogP contribution in [0.5, 0.6) is 11.5 Å². The van der Waals surface area contributed by atoms with Gasteiger partial charge in [0.25, 0.3) is 0 Å². The van der Waals surface area contributed by atoms with E-state index in [1.54, 1.807) is 18.2 Å². The summed E-state index contributed by atoms with van der Waals surface area (Å²) in [6, 6.07) is 13.2. The van der Waals surface area contributed by atoms with Crippen molar-refractivity contribution in [2.45, 2.75) is 24.9 Å². The van der Waals surface area contributed by atoms with Crippen LogP contribution in [0.1, 0.15) is 11.1 Å². The molecule has 2 aliphatic heterocycles. The van der Waals surface area contributed by atoms with Crippen LogP contribution in [-0.4, -0.2) is 42.4 Å². The van der Waals surface area contributed by atoms with Crippen LogP contribution in [0.3, 0.4) is 0 Å². The van der Waals surface area contributed by atoms with Gasteiger partial charge in [-0.05, 0) is 41.6 Å². The normalized spacial score (nSPS) is 18.1. The number of azide groups is 1. The van der Waals surface area contributed by atoms with Crippen molar-refractivity contribution < 1.29 is 23.8 Å². The number of cyclic esters (lactones) is 1. The van der Waals surface area contributed by atoms with E-state index in [1.165, 1.54) is 0 Å². The standard InChI is InChI=1S/C20H18N4O5/c21-23-22-16(9-14-6-7-17-18(10-14)29-12-28-17)19(25)24-15(11-27-20(24)26)8-13-4-2-1-3-5-13/h1-7,10,15-16H,8-9,11-12H2/t15?,16-/m1/s1. The topological polar surface area (TPSA) is 114 Å². The van der Waals surface area contributed by atoms with Crippen LogP contribution < -0.4 is 9.47 Å². The first kappa shape index (κ1) is 18.6. The van der Waals surface area contributed by atoms with E-state index < -0.39 is 24.1 Å². The van der Waals surface area contributed by atoms with Crippen molar-refractivity contribution in [1.82, 2.24) is 4.90 Å². The quantitative estimate of drug-likeness (QED) is 0.424. The molecule has 1 saturated heterocycles. The first-order chi connectivity index (χ1) is 14.2. The van der Waals surface area contributed by atoms with Crippen LogP contribution in [0.4, 0.5) is 4.79 Å². The Kier molecular flexibility index (Phi) is 5.22. The highest BCUT2D eigenvalue weighted by Crippen LogP contribution is 2.33. The molecule has 29 heavy (non-hydrogen) atoms. The van der Waals surface area contributed by atoms with Gasteiger partial charge in [0.05, 0.1) is 6.04 Å². The Balaban J connectivity index is 1.53. The predicted octanol–water partition coefficient (Wildman–Crippen LogP) is 3.23. The third kappa shape index (κ3) is 3.95. The summed E-state index contributed by atoms with van der Waals surface area (Å²) in [6.07, 6.45) is -0.132. The maximum absolute atomic E-state index is 13.1. The predicted molar refractivity (Wildman–Crippen MR) is 101 cm³/mol. The molecule has 2 atom stereocenters. The Labute approximate surface area is 166 Å². The molecule has 1 fully saturated rings. The van der Waals surface area contributed by atoms with E-state index in [4.69, 9.17) is 19.7 Å². The largest absolute Gasteiger partial charge is 0.454 e. The molecule has 0 bridgehead atoms. The van der Waals surface area contributed by atoms with Crippen LogP contribution in [0.2, 0.25) is 0 Å². The second kappa shape index (κ2) is 8.12. The molecule has 2 amide bonds. The molecule has 0 saturated carbocycles. The number of nitrogens with zero attached hydrogens (tertiary/aromatic N) is 4. The van der Waals surface area contributed by atoms with Crippen molar-refractivity contribution in [2.75, 3.05) is 13.4 Å². The molecule has 9 nitrogen and oxygen atoms in total.